The van der Waals surface area contributed by atoms with Crippen molar-refractivity contribution in [2.45, 2.75) is 13.1 Å². The molecule has 1 rings (SSSR count). The average Bonchev–Trinajstić information content (AvgIpc) is 2.15. The summed E-state index contributed by atoms with van der Waals surface area (Å²) in [6, 6.07) is 0. The number of nitrogens with two attached hydrogens (primary N) is 1. The summed E-state index contributed by atoms with van der Waals surface area (Å²) in [4.78, 5) is 8.57. The van der Waals surface area contributed by atoms with E-state index in [0.717, 1.165) is 11.2 Å². The van der Waals surface area contributed by atoms with Gasteiger partial charge in [0, 0.05) is 12.6 Å². The first kappa shape index (κ1) is 12.5. The van der Waals surface area contributed by atoms with E-state index in [1.807, 2.05) is 0 Å². The summed E-state index contributed by atoms with van der Waals surface area (Å²) in [5.41, 5.74) is 2.76. The number of nitrogens with zero attached hydrogens (tertiary/aromatic N) is 3. The molecule has 8 heteroatoms. The molecule has 16 heavy (non-hydrogen) atoms. The van der Waals surface area contributed by atoms with Crippen LogP contribution in [-0.4, -0.2) is 29.7 Å². The lowest BCUT2D eigenvalue weighted by Crippen LogP contribution is -2.32. The normalized spacial score (nSPS) is 11.4. The van der Waals surface area contributed by atoms with Crippen LogP contribution in [0.1, 0.15) is 5.56 Å². The molecule has 0 spiro atoms. The number of alkyl halides is 3. The molecule has 3 N–H and O–H groups in total. The maximum Gasteiger partial charge on any atom is 0.405 e. The van der Waals surface area contributed by atoms with Crippen molar-refractivity contribution in [1.82, 2.24) is 9.97 Å². The first-order chi connectivity index (χ1) is 7.35. The van der Waals surface area contributed by atoms with Crippen molar-refractivity contribution in [3.63, 3.8) is 0 Å². The predicted octanol–water partition coefficient (Wildman–Crippen LogP) is 1.07. The van der Waals surface area contributed by atoms with E-state index in [2.05, 4.69) is 15.4 Å². The van der Waals surface area contributed by atoms with Crippen LogP contribution in [0.3, 0.4) is 0 Å². The lowest BCUT2D eigenvalue weighted by atomic mass is 10.3. The molecule has 90 valence electrons. The van der Waals surface area contributed by atoms with Gasteiger partial charge >= 0.3 is 6.18 Å². The Kier molecular flexibility index (Phi) is 3.53. The number of hydrazine groups is 1. The van der Waals surface area contributed by atoms with Crippen molar-refractivity contribution >= 4 is 11.6 Å². The lowest BCUT2D eigenvalue weighted by molar-refractivity contribution is -0.119. The van der Waals surface area contributed by atoms with Gasteiger partial charge in [0.2, 0.25) is 0 Å². The van der Waals surface area contributed by atoms with E-state index < -0.39 is 12.7 Å². The summed E-state index contributed by atoms with van der Waals surface area (Å²) in [6.07, 6.45) is -3.12. The fraction of sp³-hybridized carbons (Fsp3) is 0.500. The number of rotatable bonds is 3. The molecule has 0 atom stereocenters. The van der Waals surface area contributed by atoms with Gasteiger partial charge in [0.15, 0.2) is 0 Å². The van der Waals surface area contributed by atoms with Gasteiger partial charge in [0.25, 0.3) is 0 Å². The SMILES string of the molecule is Cc1c(NN)ncnc1N(C)CC(F)(F)F. The van der Waals surface area contributed by atoms with Gasteiger partial charge in [-0.1, -0.05) is 0 Å². The Balaban J connectivity index is 2.95. The summed E-state index contributed by atoms with van der Waals surface area (Å²) in [5.74, 6) is 5.67. The topological polar surface area (TPSA) is 67.1 Å². The van der Waals surface area contributed by atoms with Crippen molar-refractivity contribution in [2.24, 2.45) is 5.84 Å². The highest BCUT2D eigenvalue weighted by Crippen LogP contribution is 2.24. The smallest absolute Gasteiger partial charge is 0.350 e. The van der Waals surface area contributed by atoms with E-state index in [1.165, 1.54) is 7.05 Å². The molecular weight excluding hydrogens is 223 g/mol. The lowest BCUT2D eigenvalue weighted by Gasteiger charge is -2.21. The minimum absolute atomic E-state index is 0.195. The number of aromatic nitrogens is 2. The van der Waals surface area contributed by atoms with Gasteiger partial charge < -0.3 is 10.3 Å². The number of nitrogen functional groups attached to an aromatic ring is 1. The number of anilines is 2. The molecule has 0 aliphatic heterocycles. The number of hydrogen-bond acceptors (Lipinski definition) is 5. The van der Waals surface area contributed by atoms with Gasteiger partial charge in [-0.2, -0.15) is 13.2 Å². The molecule has 0 unspecified atom stereocenters. The molecule has 1 aromatic rings. The molecule has 0 aromatic carbocycles. The highest BCUT2D eigenvalue weighted by Gasteiger charge is 2.30. The van der Waals surface area contributed by atoms with Crippen LogP contribution in [0.15, 0.2) is 6.33 Å². The van der Waals surface area contributed by atoms with E-state index in [1.54, 1.807) is 6.92 Å². The maximum absolute atomic E-state index is 12.2. The van der Waals surface area contributed by atoms with Crippen LogP contribution < -0.4 is 16.2 Å². The molecule has 5 nitrogen and oxygen atoms in total. The van der Waals surface area contributed by atoms with Gasteiger partial charge in [-0.05, 0) is 6.92 Å². The minimum Gasteiger partial charge on any atom is -0.350 e. The molecular formula is C8H12F3N5. The Labute approximate surface area is 90.4 Å². The summed E-state index contributed by atoms with van der Waals surface area (Å²) in [5, 5.41) is 0. The third-order valence-corrected chi connectivity index (χ3v) is 1.97. The standard InChI is InChI=1S/C8H12F3N5/c1-5-6(15-12)13-4-14-7(5)16(2)3-8(9,10)11/h4H,3,12H2,1-2H3,(H,13,14,15). The number of nitrogens with one attached hydrogen (secondary N) is 1. The summed E-state index contributed by atoms with van der Waals surface area (Å²) >= 11 is 0. The maximum atomic E-state index is 12.2. The van der Waals surface area contributed by atoms with Gasteiger partial charge in [-0.25, -0.2) is 15.8 Å². The molecule has 0 aliphatic carbocycles. The van der Waals surface area contributed by atoms with Crippen LogP contribution in [0, 0.1) is 6.92 Å². The van der Waals surface area contributed by atoms with E-state index in [0.29, 0.717) is 11.4 Å². The van der Waals surface area contributed by atoms with Crippen molar-refractivity contribution in [3.8, 4) is 0 Å². The third kappa shape index (κ3) is 2.96. The van der Waals surface area contributed by atoms with Gasteiger partial charge in [-0.3, -0.25) is 0 Å². The predicted molar refractivity (Wildman–Crippen MR) is 53.9 cm³/mol. The van der Waals surface area contributed by atoms with Crippen molar-refractivity contribution in [3.05, 3.63) is 11.9 Å². The second-order valence-corrected chi connectivity index (χ2v) is 3.29. The quantitative estimate of drug-likeness (QED) is 0.606. The molecule has 0 saturated heterocycles. The Hall–Kier alpha value is -1.57. The summed E-state index contributed by atoms with van der Waals surface area (Å²) in [7, 11) is 1.31. The molecule has 0 aliphatic rings. The molecule has 0 bridgehead atoms. The van der Waals surface area contributed by atoms with Crippen LogP contribution in [0.4, 0.5) is 24.8 Å². The fourth-order valence-electron chi connectivity index (χ4n) is 1.32. The second-order valence-electron chi connectivity index (χ2n) is 3.29. The monoisotopic (exact) mass is 235 g/mol. The molecule has 0 fully saturated rings. The second kappa shape index (κ2) is 4.52. The van der Waals surface area contributed by atoms with Crippen LogP contribution in [0.5, 0.6) is 0 Å². The summed E-state index contributed by atoms with van der Waals surface area (Å²) in [6.45, 7) is 0.520. The molecule has 0 amide bonds. The summed E-state index contributed by atoms with van der Waals surface area (Å²) < 4.78 is 36.5. The zero-order valence-corrected chi connectivity index (χ0v) is 8.84. The van der Waals surface area contributed by atoms with Crippen LogP contribution in [-0.2, 0) is 0 Å². The Bertz CT molecular complexity index is 365. The zero-order chi connectivity index (χ0) is 12.3. The Morgan fingerprint density at radius 2 is 2.06 bits per heavy atom. The first-order valence-electron chi connectivity index (χ1n) is 4.41. The van der Waals surface area contributed by atoms with Crippen LogP contribution in [0.2, 0.25) is 0 Å². The fourth-order valence-corrected chi connectivity index (χ4v) is 1.32. The number of hydrogen-bond donors (Lipinski definition) is 2. The largest absolute Gasteiger partial charge is 0.405 e. The van der Waals surface area contributed by atoms with Crippen molar-refractivity contribution in [1.29, 1.82) is 0 Å². The Morgan fingerprint density at radius 1 is 1.44 bits per heavy atom. The molecule has 1 aromatic heterocycles. The van der Waals surface area contributed by atoms with Gasteiger partial charge in [0.1, 0.15) is 24.5 Å². The van der Waals surface area contributed by atoms with Crippen LogP contribution >= 0.6 is 0 Å². The average molecular weight is 235 g/mol. The number of halogens is 3. The van der Waals surface area contributed by atoms with Crippen LogP contribution in [0.25, 0.3) is 0 Å². The minimum atomic E-state index is -4.28. The third-order valence-electron chi connectivity index (χ3n) is 1.97. The molecule has 1 heterocycles. The van der Waals surface area contributed by atoms with Crippen molar-refractivity contribution in [2.75, 3.05) is 23.9 Å². The van der Waals surface area contributed by atoms with E-state index in [9.17, 15) is 13.2 Å². The first-order valence-corrected chi connectivity index (χ1v) is 4.41. The van der Waals surface area contributed by atoms with Gasteiger partial charge in [0.05, 0.1) is 0 Å². The Morgan fingerprint density at radius 3 is 2.56 bits per heavy atom. The van der Waals surface area contributed by atoms with Crippen molar-refractivity contribution < 1.29 is 13.2 Å². The highest BCUT2D eigenvalue weighted by atomic mass is 19.4. The highest BCUT2D eigenvalue weighted by molar-refractivity contribution is 5.56. The van der Waals surface area contributed by atoms with Gasteiger partial charge in [-0.15, -0.1) is 0 Å². The van der Waals surface area contributed by atoms with E-state index in [4.69, 9.17) is 5.84 Å². The van der Waals surface area contributed by atoms with E-state index in [-0.39, 0.29) is 5.82 Å². The molecule has 0 saturated carbocycles. The zero-order valence-electron chi connectivity index (χ0n) is 8.84. The van der Waals surface area contributed by atoms with E-state index >= 15 is 0 Å². The molecule has 0 radical (unpaired) electrons.